The molecule has 0 radical (unpaired) electrons. The number of nitrogens with one attached hydrogen (secondary N) is 1. The highest BCUT2D eigenvalue weighted by molar-refractivity contribution is 5.40. The van der Waals surface area contributed by atoms with Crippen LogP contribution >= 0.6 is 0 Å². The SMILES string of the molecule is COc1cc(O)ccc1CN1CCc2nc(C3CCCCC3)[nH]c(=O)c2C1. The Morgan fingerprint density at radius 1 is 1.30 bits per heavy atom. The van der Waals surface area contributed by atoms with Crippen LogP contribution in [-0.2, 0) is 19.5 Å². The summed E-state index contributed by atoms with van der Waals surface area (Å²) < 4.78 is 5.38. The fourth-order valence-corrected chi connectivity index (χ4v) is 4.31. The van der Waals surface area contributed by atoms with E-state index in [1.807, 2.05) is 6.07 Å². The van der Waals surface area contributed by atoms with Crippen LogP contribution in [0.5, 0.6) is 11.5 Å². The molecule has 0 spiro atoms. The third-order valence-corrected chi connectivity index (χ3v) is 5.82. The number of methoxy groups -OCH3 is 1. The molecule has 1 aliphatic heterocycles. The number of aromatic nitrogens is 2. The van der Waals surface area contributed by atoms with Crippen molar-refractivity contribution in [3.8, 4) is 11.5 Å². The first-order valence-corrected chi connectivity index (χ1v) is 9.84. The number of hydrogen-bond donors (Lipinski definition) is 2. The van der Waals surface area contributed by atoms with Gasteiger partial charge in [-0.25, -0.2) is 4.98 Å². The fraction of sp³-hybridized carbons (Fsp3) is 0.524. The van der Waals surface area contributed by atoms with Gasteiger partial charge >= 0.3 is 0 Å². The largest absolute Gasteiger partial charge is 0.508 e. The first-order chi connectivity index (χ1) is 13.1. The molecule has 1 fully saturated rings. The second-order valence-corrected chi connectivity index (χ2v) is 7.67. The number of nitrogens with zero attached hydrogens (tertiary/aromatic N) is 2. The molecule has 4 rings (SSSR count). The van der Waals surface area contributed by atoms with E-state index in [2.05, 4.69) is 9.88 Å². The van der Waals surface area contributed by atoms with Crippen LogP contribution < -0.4 is 10.3 Å². The van der Waals surface area contributed by atoms with Gasteiger partial charge in [0.05, 0.1) is 18.4 Å². The van der Waals surface area contributed by atoms with Gasteiger partial charge in [0, 0.05) is 43.6 Å². The Balaban J connectivity index is 1.52. The molecule has 1 saturated carbocycles. The van der Waals surface area contributed by atoms with Crippen molar-refractivity contribution in [1.29, 1.82) is 0 Å². The van der Waals surface area contributed by atoms with Gasteiger partial charge in [0.25, 0.3) is 5.56 Å². The Bertz CT molecular complexity index is 871. The normalized spacial score (nSPS) is 18.3. The zero-order valence-electron chi connectivity index (χ0n) is 15.8. The Morgan fingerprint density at radius 3 is 2.89 bits per heavy atom. The molecular weight excluding hydrogens is 342 g/mol. The smallest absolute Gasteiger partial charge is 0.255 e. The van der Waals surface area contributed by atoms with Crippen molar-refractivity contribution in [3.63, 3.8) is 0 Å². The van der Waals surface area contributed by atoms with Crippen LogP contribution in [0.15, 0.2) is 23.0 Å². The topological polar surface area (TPSA) is 78.5 Å². The van der Waals surface area contributed by atoms with Crippen molar-refractivity contribution >= 4 is 0 Å². The Morgan fingerprint density at radius 2 is 2.11 bits per heavy atom. The molecule has 0 unspecified atom stereocenters. The molecule has 2 N–H and O–H groups in total. The molecule has 6 nitrogen and oxygen atoms in total. The van der Waals surface area contributed by atoms with Crippen LogP contribution in [0.4, 0.5) is 0 Å². The molecule has 6 heteroatoms. The summed E-state index contributed by atoms with van der Waals surface area (Å²) in [5.41, 5.74) is 2.77. The van der Waals surface area contributed by atoms with Crippen molar-refractivity contribution in [3.05, 3.63) is 51.2 Å². The number of phenolic OH excluding ortho intramolecular Hbond substituents is 1. The second-order valence-electron chi connectivity index (χ2n) is 7.67. The van der Waals surface area contributed by atoms with Gasteiger partial charge in [-0.15, -0.1) is 0 Å². The molecule has 2 aromatic rings. The van der Waals surface area contributed by atoms with E-state index in [0.29, 0.717) is 24.8 Å². The lowest BCUT2D eigenvalue weighted by atomic mass is 9.88. The lowest BCUT2D eigenvalue weighted by Crippen LogP contribution is -2.36. The lowest BCUT2D eigenvalue weighted by molar-refractivity contribution is 0.237. The van der Waals surface area contributed by atoms with E-state index >= 15 is 0 Å². The summed E-state index contributed by atoms with van der Waals surface area (Å²) in [5.74, 6) is 2.17. The average Bonchev–Trinajstić information content (AvgIpc) is 2.70. The maximum Gasteiger partial charge on any atom is 0.255 e. The van der Waals surface area contributed by atoms with E-state index in [9.17, 15) is 9.90 Å². The average molecular weight is 369 g/mol. The van der Waals surface area contributed by atoms with Gasteiger partial charge in [-0.3, -0.25) is 9.69 Å². The number of benzene rings is 1. The quantitative estimate of drug-likeness (QED) is 0.866. The highest BCUT2D eigenvalue weighted by Gasteiger charge is 2.25. The molecule has 144 valence electrons. The summed E-state index contributed by atoms with van der Waals surface area (Å²) in [7, 11) is 1.60. The van der Waals surface area contributed by atoms with Crippen LogP contribution in [0.3, 0.4) is 0 Å². The fourth-order valence-electron chi connectivity index (χ4n) is 4.31. The first kappa shape index (κ1) is 18.0. The molecule has 1 aromatic carbocycles. The molecule has 0 bridgehead atoms. The molecule has 2 heterocycles. The standard InChI is InChI=1S/C21H27N3O3/c1-27-19-11-16(25)8-7-15(19)12-24-10-9-18-17(13-24)21(26)23-20(22-18)14-5-3-2-4-6-14/h7-8,11,14,25H,2-6,9-10,12-13H2,1H3,(H,22,23,26). The van der Waals surface area contributed by atoms with E-state index in [4.69, 9.17) is 9.72 Å². The lowest BCUT2D eigenvalue weighted by Gasteiger charge is -2.29. The summed E-state index contributed by atoms with van der Waals surface area (Å²) >= 11 is 0. The number of rotatable bonds is 4. The maximum atomic E-state index is 12.7. The van der Waals surface area contributed by atoms with Gasteiger partial charge < -0.3 is 14.8 Å². The van der Waals surface area contributed by atoms with Crippen LogP contribution in [0.25, 0.3) is 0 Å². The Hall–Kier alpha value is -2.34. The molecular formula is C21H27N3O3. The number of phenols is 1. The Kier molecular flexibility index (Phi) is 5.16. The zero-order chi connectivity index (χ0) is 18.8. The van der Waals surface area contributed by atoms with E-state index < -0.39 is 0 Å². The number of aromatic amines is 1. The van der Waals surface area contributed by atoms with Crippen LogP contribution in [0.2, 0.25) is 0 Å². The molecule has 27 heavy (non-hydrogen) atoms. The van der Waals surface area contributed by atoms with Crippen molar-refractivity contribution in [2.75, 3.05) is 13.7 Å². The van der Waals surface area contributed by atoms with Crippen LogP contribution in [0, 0.1) is 0 Å². The van der Waals surface area contributed by atoms with E-state index in [1.54, 1.807) is 19.2 Å². The summed E-state index contributed by atoms with van der Waals surface area (Å²) in [4.78, 5) is 22.9. The van der Waals surface area contributed by atoms with Crippen molar-refractivity contribution in [2.45, 2.75) is 57.5 Å². The molecule has 0 saturated heterocycles. The van der Waals surface area contributed by atoms with Gasteiger partial charge in [0.1, 0.15) is 17.3 Å². The molecule has 0 atom stereocenters. The number of fused-ring (bicyclic) bond motifs is 1. The van der Waals surface area contributed by atoms with Gasteiger partial charge in [-0.05, 0) is 18.9 Å². The van der Waals surface area contributed by atoms with Gasteiger partial charge in [-0.2, -0.15) is 0 Å². The molecule has 2 aliphatic rings. The van der Waals surface area contributed by atoms with E-state index in [-0.39, 0.29) is 11.3 Å². The number of ether oxygens (including phenoxy) is 1. The molecule has 0 amide bonds. The number of aromatic hydroxyl groups is 1. The van der Waals surface area contributed by atoms with E-state index in [0.717, 1.165) is 48.5 Å². The summed E-state index contributed by atoms with van der Waals surface area (Å²) in [6.07, 6.45) is 6.81. The third kappa shape index (κ3) is 3.86. The molecule has 1 aromatic heterocycles. The van der Waals surface area contributed by atoms with Gasteiger partial charge in [-0.1, -0.05) is 25.3 Å². The maximum absolute atomic E-state index is 12.7. The minimum absolute atomic E-state index is 0.0166. The van der Waals surface area contributed by atoms with Gasteiger partial charge in [0.2, 0.25) is 0 Å². The third-order valence-electron chi connectivity index (χ3n) is 5.82. The number of H-pyrrole nitrogens is 1. The summed E-state index contributed by atoms with van der Waals surface area (Å²) in [5, 5.41) is 9.63. The van der Waals surface area contributed by atoms with Gasteiger partial charge in [0.15, 0.2) is 0 Å². The van der Waals surface area contributed by atoms with Crippen LogP contribution in [-0.4, -0.2) is 33.6 Å². The predicted molar refractivity (Wildman–Crippen MR) is 103 cm³/mol. The van der Waals surface area contributed by atoms with Crippen molar-refractivity contribution in [2.24, 2.45) is 0 Å². The highest BCUT2D eigenvalue weighted by atomic mass is 16.5. The second kappa shape index (κ2) is 7.72. The predicted octanol–water partition coefficient (Wildman–Crippen LogP) is 3.09. The monoisotopic (exact) mass is 369 g/mol. The zero-order valence-corrected chi connectivity index (χ0v) is 15.8. The number of hydrogen-bond acceptors (Lipinski definition) is 5. The van der Waals surface area contributed by atoms with Crippen molar-refractivity contribution in [1.82, 2.24) is 14.9 Å². The van der Waals surface area contributed by atoms with Crippen molar-refractivity contribution < 1.29 is 9.84 Å². The highest BCUT2D eigenvalue weighted by Crippen LogP contribution is 2.31. The first-order valence-electron chi connectivity index (χ1n) is 9.84. The minimum atomic E-state index is 0.0166. The summed E-state index contributed by atoms with van der Waals surface area (Å²) in [6.45, 7) is 2.12. The summed E-state index contributed by atoms with van der Waals surface area (Å²) in [6, 6.07) is 5.16. The molecule has 1 aliphatic carbocycles. The van der Waals surface area contributed by atoms with Crippen LogP contribution in [0.1, 0.15) is 60.7 Å². The minimum Gasteiger partial charge on any atom is -0.508 e. The van der Waals surface area contributed by atoms with E-state index in [1.165, 1.54) is 19.3 Å². The Labute approximate surface area is 159 Å².